The highest BCUT2D eigenvalue weighted by molar-refractivity contribution is 7.23. The number of carbonyl (C=O) groups is 1. The summed E-state index contributed by atoms with van der Waals surface area (Å²) in [6.45, 7) is 5.99. The molecule has 0 radical (unpaired) electrons. The Balaban J connectivity index is 1.15. The highest BCUT2D eigenvalue weighted by Crippen LogP contribution is 2.35. The monoisotopic (exact) mass is 537 g/mol. The van der Waals surface area contributed by atoms with Gasteiger partial charge in [0, 0.05) is 42.5 Å². The molecular weight excluding hydrogens is 504 g/mol. The highest BCUT2D eigenvalue weighted by Gasteiger charge is 2.22. The Morgan fingerprint density at radius 1 is 1.18 bits per heavy atom. The van der Waals surface area contributed by atoms with E-state index in [1.807, 2.05) is 41.7 Å². The smallest absolute Gasteiger partial charge is 0.251 e. The highest BCUT2D eigenvalue weighted by atomic mass is 32.1. The number of likely N-dealkylation sites (tertiary alicyclic amines) is 1. The van der Waals surface area contributed by atoms with E-state index in [2.05, 4.69) is 15.5 Å². The van der Waals surface area contributed by atoms with Gasteiger partial charge in [0.2, 0.25) is 0 Å². The van der Waals surface area contributed by atoms with E-state index in [0.29, 0.717) is 36.2 Å². The van der Waals surface area contributed by atoms with Gasteiger partial charge in [0.25, 0.3) is 5.91 Å². The van der Waals surface area contributed by atoms with Gasteiger partial charge in [-0.25, -0.2) is 13.8 Å². The maximum absolute atomic E-state index is 15.2. The maximum atomic E-state index is 15.2. The quantitative estimate of drug-likeness (QED) is 0.300. The Labute approximate surface area is 225 Å². The van der Waals surface area contributed by atoms with E-state index < -0.39 is 6.17 Å². The molecule has 2 fully saturated rings. The molecule has 2 saturated heterocycles. The van der Waals surface area contributed by atoms with E-state index in [9.17, 15) is 9.18 Å². The van der Waals surface area contributed by atoms with Crippen molar-refractivity contribution in [2.24, 2.45) is 0 Å². The van der Waals surface area contributed by atoms with Crippen LogP contribution in [0.5, 0.6) is 0 Å². The summed E-state index contributed by atoms with van der Waals surface area (Å²) in [5.41, 5.74) is 4.60. The van der Waals surface area contributed by atoms with Crippen LogP contribution >= 0.6 is 11.3 Å². The van der Waals surface area contributed by atoms with Crippen molar-refractivity contribution in [3.05, 3.63) is 59.0 Å². The van der Waals surface area contributed by atoms with Crippen molar-refractivity contribution in [2.45, 2.75) is 51.2 Å². The molecule has 0 spiro atoms. The molecule has 4 aromatic rings. The molecule has 0 aliphatic carbocycles. The first-order chi connectivity index (χ1) is 18.5. The number of nitrogens with one attached hydrogen (secondary N) is 2. The van der Waals surface area contributed by atoms with Gasteiger partial charge in [0.1, 0.15) is 12.0 Å². The molecule has 6 nitrogen and oxygen atoms in total. The minimum absolute atomic E-state index is 0.100. The number of rotatable bonds is 7. The number of halogens is 2. The van der Waals surface area contributed by atoms with Gasteiger partial charge < -0.3 is 15.5 Å². The summed E-state index contributed by atoms with van der Waals surface area (Å²) in [5.74, 6) is -0.350. The number of hydrogen-bond acceptors (Lipinski definition) is 5. The number of benzene rings is 2. The zero-order chi connectivity index (χ0) is 26.2. The van der Waals surface area contributed by atoms with Crippen molar-refractivity contribution < 1.29 is 13.6 Å². The normalized spacial score (nSPS) is 19.1. The second-order valence-electron chi connectivity index (χ2n) is 10.5. The van der Waals surface area contributed by atoms with Crippen molar-refractivity contribution in [1.82, 2.24) is 24.9 Å². The van der Waals surface area contributed by atoms with Gasteiger partial charge in [-0.1, -0.05) is 17.4 Å². The molecule has 1 amide bonds. The van der Waals surface area contributed by atoms with Crippen LogP contribution in [0.1, 0.15) is 59.8 Å². The van der Waals surface area contributed by atoms with Crippen molar-refractivity contribution in [3.8, 4) is 11.3 Å². The first kappa shape index (κ1) is 25.4. The Bertz CT molecular complexity index is 1470. The molecule has 0 saturated carbocycles. The number of aromatic nitrogens is 2. The molecule has 6 rings (SSSR count). The molecule has 2 N–H and O–H groups in total. The summed E-state index contributed by atoms with van der Waals surface area (Å²) in [5, 5.41) is 6.43. The number of thiazole rings is 1. The number of nitrogens with zero attached hydrogens (tertiary/aromatic N) is 3. The molecule has 2 aromatic heterocycles. The minimum Gasteiger partial charge on any atom is -0.352 e. The van der Waals surface area contributed by atoms with Crippen LogP contribution in [0.2, 0.25) is 0 Å². The lowest BCUT2D eigenvalue weighted by molar-refractivity contribution is 0.0950. The summed E-state index contributed by atoms with van der Waals surface area (Å²) in [6.07, 6.45) is 3.54. The predicted molar refractivity (Wildman–Crippen MR) is 148 cm³/mol. The molecular formula is C29H33F2N5OS. The number of piperidine rings is 1. The van der Waals surface area contributed by atoms with Crippen LogP contribution in [0.15, 0.2) is 36.4 Å². The van der Waals surface area contributed by atoms with Crippen molar-refractivity contribution in [2.75, 3.05) is 32.7 Å². The number of imidazole rings is 1. The van der Waals surface area contributed by atoms with Crippen LogP contribution in [0.4, 0.5) is 8.78 Å². The number of hydrogen-bond donors (Lipinski definition) is 2. The molecule has 1 atom stereocenters. The van der Waals surface area contributed by atoms with Gasteiger partial charge in [0.15, 0.2) is 4.96 Å². The number of fused-ring (bicyclic) bond motifs is 3. The van der Waals surface area contributed by atoms with Gasteiger partial charge in [-0.2, -0.15) is 0 Å². The standard InChI is InChI=1S/C29H33F2N5OS/c1-18-27(22-7-5-19(16-23(22)31)24-4-2-11-32-24)34-29-36(18)25-8-6-20(17-26(25)38-29)28(37)33-12-3-13-35-14-9-21(30)10-15-35/h5-8,16-17,21,24,32H,2-4,9-15H2,1H3,(H,33,37). The van der Waals surface area contributed by atoms with E-state index in [1.54, 1.807) is 6.07 Å². The van der Waals surface area contributed by atoms with Gasteiger partial charge in [-0.05, 0) is 88.0 Å². The zero-order valence-electron chi connectivity index (χ0n) is 21.6. The second-order valence-corrected chi connectivity index (χ2v) is 11.5. The maximum Gasteiger partial charge on any atom is 0.251 e. The van der Waals surface area contributed by atoms with E-state index >= 15 is 4.39 Å². The third-order valence-corrected chi connectivity index (χ3v) is 8.91. The van der Waals surface area contributed by atoms with Crippen LogP contribution < -0.4 is 10.6 Å². The van der Waals surface area contributed by atoms with Crippen LogP contribution in [-0.4, -0.2) is 59.1 Å². The molecule has 4 heterocycles. The third kappa shape index (κ3) is 4.95. The molecule has 2 aliphatic rings. The van der Waals surface area contributed by atoms with E-state index in [4.69, 9.17) is 4.98 Å². The van der Waals surface area contributed by atoms with Crippen molar-refractivity contribution in [3.63, 3.8) is 0 Å². The fourth-order valence-electron chi connectivity index (χ4n) is 5.74. The topological polar surface area (TPSA) is 61.7 Å². The minimum atomic E-state index is -0.664. The third-order valence-electron chi connectivity index (χ3n) is 7.91. The van der Waals surface area contributed by atoms with Crippen LogP contribution in [-0.2, 0) is 0 Å². The van der Waals surface area contributed by atoms with Crippen LogP contribution in [0.25, 0.3) is 26.4 Å². The SMILES string of the molecule is Cc1c(-c2ccc(C3CCCN3)cc2F)nc2sc3cc(C(=O)NCCCN4CCC(F)CC4)ccc3n12. The fourth-order valence-corrected chi connectivity index (χ4v) is 6.85. The summed E-state index contributed by atoms with van der Waals surface area (Å²) >= 11 is 1.50. The Morgan fingerprint density at radius 3 is 2.79 bits per heavy atom. The summed E-state index contributed by atoms with van der Waals surface area (Å²) in [4.78, 5) is 20.6. The second kappa shape index (κ2) is 10.7. The average molecular weight is 538 g/mol. The van der Waals surface area contributed by atoms with E-state index in [0.717, 1.165) is 71.9 Å². The van der Waals surface area contributed by atoms with Crippen LogP contribution in [0.3, 0.4) is 0 Å². The van der Waals surface area contributed by atoms with Gasteiger partial charge in [-0.15, -0.1) is 0 Å². The zero-order valence-corrected chi connectivity index (χ0v) is 22.4. The van der Waals surface area contributed by atoms with E-state index in [-0.39, 0.29) is 17.8 Å². The number of aryl methyl sites for hydroxylation is 1. The Morgan fingerprint density at radius 2 is 2.03 bits per heavy atom. The largest absolute Gasteiger partial charge is 0.352 e. The molecule has 2 aliphatic heterocycles. The molecule has 38 heavy (non-hydrogen) atoms. The predicted octanol–water partition coefficient (Wildman–Crippen LogP) is 5.64. The van der Waals surface area contributed by atoms with Crippen molar-refractivity contribution >= 4 is 32.4 Å². The lowest BCUT2D eigenvalue weighted by atomic mass is 10.0. The van der Waals surface area contributed by atoms with Gasteiger partial charge in [0.05, 0.1) is 15.9 Å². The molecule has 0 bridgehead atoms. The Kier molecular flexibility index (Phi) is 7.16. The fraction of sp³-hybridized carbons (Fsp3) is 0.448. The first-order valence-electron chi connectivity index (χ1n) is 13.6. The molecule has 9 heteroatoms. The number of alkyl halides is 1. The lowest BCUT2D eigenvalue weighted by Gasteiger charge is -2.28. The van der Waals surface area contributed by atoms with Crippen molar-refractivity contribution in [1.29, 1.82) is 0 Å². The summed E-state index contributed by atoms with van der Waals surface area (Å²) in [6, 6.07) is 11.4. The molecule has 200 valence electrons. The van der Waals surface area contributed by atoms with Gasteiger partial charge in [-0.3, -0.25) is 9.20 Å². The van der Waals surface area contributed by atoms with E-state index in [1.165, 1.54) is 11.3 Å². The first-order valence-corrected chi connectivity index (χ1v) is 14.4. The van der Waals surface area contributed by atoms with Gasteiger partial charge >= 0.3 is 0 Å². The van der Waals surface area contributed by atoms with Crippen LogP contribution in [0, 0.1) is 12.7 Å². The molecule has 1 unspecified atom stereocenters. The number of amides is 1. The molecule has 2 aromatic carbocycles. The summed E-state index contributed by atoms with van der Waals surface area (Å²) < 4.78 is 31.5. The average Bonchev–Trinajstić information content (AvgIpc) is 3.64. The Hall–Kier alpha value is -2.88. The number of carbonyl (C=O) groups excluding carboxylic acids is 1. The lowest BCUT2D eigenvalue weighted by Crippen LogP contribution is -2.36. The summed E-state index contributed by atoms with van der Waals surface area (Å²) in [7, 11) is 0.